The highest BCUT2D eigenvalue weighted by molar-refractivity contribution is 6.30. The van der Waals surface area contributed by atoms with Crippen molar-refractivity contribution in [1.82, 2.24) is 10.6 Å². The third kappa shape index (κ3) is 3.81. The Labute approximate surface area is 116 Å². The maximum absolute atomic E-state index is 12.9. The number of urea groups is 1. The van der Waals surface area contributed by atoms with Gasteiger partial charge in [0.15, 0.2) is 0 Å². The first kappa shape index (κ1) is 14.1. The summed E-state index contributed by atoms with van der Waals surface area (Å²) in [5, 5.41) is 14.5. The lowest BCUT2D eigenvalue weighted by Crippen LogP contribution is -2.39. The first-order valence-electron chi connectivity index (χ1n) is 6.11. The van der Waals surface area contributed by atoms with E-state index in [-0.39, 0.29) is 29.6 Å². The molecule has 1 aromatic carbocycles. The van der Waals surface area contributed by atoms with E-state index in [1.807, 2.05) is 0 Å². The fourth-order valence-electron chi connectivity index (χ4n) is 1.73. The Balaban J connectivity index is 1.75. The van der Waals surface area contributed by atoms with Crippen molar-refractivity contribution in [3.05, 3.63) is 34.6 Å². The van der Waals surface area contributed by atoms with Gasteiger partial charge in [-0.1, -0.05) is 17.7 Å². The van der Waals surface area contributed by atoms with Crippen LogP contribution in [0.15, 0.2) is 18.2 Å². The number of nitrogens with one attached hydrogen (secondary N) is 2. The lowest BCUT2D eigenvalue weighted by molar-refractivity contribution is 0.203. The summed E-state index contributed by atoms with van der Waals surface area (Å²) in [6.07, 6.45) is 1.88. The summed E-state index contributed by atoms with van der Waals surface area (Å²) >= 11 is 5.65. The van der Waals surface area contributed by atoms with Crippen LogP contribution in [0.3, 0.4) is 0 Å². The van der Waals surface area contributed by atoms with Crippen LogP contribution in [0.4, 0.5) is 9.18 Å². The molecule has 0 heterocycles. The first-order chi connectivity index (χ1) is 9.04. The molecule has 0 aliphatic heterocycles. The fourth-order valence-corrected chi connectivity index (χ4v) is 1.93. The highest BCUT2D eigenvalue weighted by Gasteiger charge is 2.42. The van der Waals surface area contributed by atoms with Gasteiger partial charge in [0.1, 0.15) is 5.82 Å². The van der Waals surface area contributed by atoms with Crippen molar-refractivity contribution >= 4 is 17.6 Å². The monoisotopic (exact) mass is 286 g/mol. The lowest BCUT2D eigenvalue weighted by Gasteiger charge is -2.13. The van der Waals surface area contributed by atoms with Gasteiger partial charge in [-0.15, -0.1) is 0 Å². The van der Waals surface area contributed by atoms with Crippen molar-refractivity contribution in [2.75, 3.05) is 13.2 Å². The van der Waals surface area contributed by atoms with Crippen molar-refractivity contribution in [1.29, 1.82) is 0 Å². The minimum Gasteiger partial charge on any atom is -0.396 e. The summed E-state index contributed by atoms with van der Waals surface area (Å²) in [6, 6.07) is 4.01. The zero-order valence-corrected chi connectivity index (χ0v) is 11.1. The van der Waals surface area contributed by atoms with E-state index in [4.69, 9.17) is 16.7 Å². The number of benzene rings is 1. The van der Waals surface area contributed by atoms with Gasteiger partial charge in [0.2, 0.25) is 0 Å². The number of rotatable bonds is 5. The van der Waals surface area contributed by atoms with Crippen LogP contribution in [0.1, 0.15) is 18.4 Å². The van der Waals surface area contributed by atoms with Gasteiger partial charge in [-0.2, -0.15) is 0 Å². The van der Waals surface area contributed by atoms with Crippen LogP contribution in [-0.2, 0) is 6.54 Å². The summed E-state index contributed by atoms with van der Waals surface area (Å²) < 4.78 is 12.9. The minimum atomic E-state index is -0.478. The third-order valence-corrected chi connectivity index (χ3v) is 3.64. The summed E-state index contributed by atoms with van der Waals surface area (Å²) in [6.45, 7) is 0.846. The molecule has 0 spiro atoms. The van der Waals surface area contributed by atoms with Gasteiger partial charge < -0.3 is 15.7 Å². The molecule has 0 aromatic heterocycles. The molecule has 0 saturated heterocycles. The maximum Gasteiger partial charge on any atom is 0.315 e. The standard InChI is InChI=1S/C13H16ClFN2O2/c14-10-5-9(1-2-11(10)15)6-16-12(19)17-7-13(8-18)3-4-13/h1-2,5,18H,3-4,6-8H2,(H2,16,17,19). The number of carbonyl (C=O) groups excluding carboxylic acids is 1. The molecule has 0 bridgehead atoms. The van der Waals surface area contributed by atoms with Crippen LogP contribution in [0, 0.1) is 11.2 Å². The highest BCUT2D eigenvalue weighted by atomic mass is 35.5. The van der Waals surface area contributed by atoms with Crippen LogP contribution < -0.4 is 10.6 Å². The van der Waals surface area contributed by atoms with E-state index in [1.165, 1.54) is 12.1 Å². The van der Waals surface area contributed by atoms with Gasteiger partial charge >= 0.3 is 6.03 Å². The second-order valence-electron chi connectivity index (χ2n) is 4.94. The molecule has 2 rings (SSSR count). The van der Waals surface area contributed by atoms with Gasteiger partial charge in [-0.05, 0) is 30.5 Å². The quantitative estimate of drug-likeness (QED) is 0.776. The number of hydrogen-bond acceptors (Lipinski definition) is 2. The molecule has 2 amide bonds. The lowest BCUT2D eigenvalue weighted by atomic mass is 10.1. The van der Waals surface area contributed by atoms with Gasteiger partial charge in [0, 0.05) is 18.5 Å². The number of carbonyl (C=O) groups is 1. The van der Waals surface area contributed by atoms with Gasteiger partial charge in [-0.25, -0.2) is 9.18 Å². The Bertz CT molecular complexity index is 478. The van der Waals surface area contributed by atoms with Gasteiger partial charge in [0.25, 0.3) is 0 Å². The largest absolute Gasteiger partial charge is 0.396 e. The summed E-state index contributed by atoms with van der Waals surface area (Å²) in [5.41, 5.74) is 0.612. The summed E-state index contributed by atoms with van der Waals surface area (Å²) in [5.74, 6) is -0.478. The first-order valence-corrected chi connectivity index (χ1v) is 6.49. The van der Waals surface area contributed by atoms with Crippen molar-refractivity contribution in [3.8, 4) is 0 Å². The van der Waals surface area contributed by atoms with Gasteiger partial charge in [-0.3, -0.25) is 0 Å². The summed E-state index contributed by atoms with van der Waals surface area (Å²) in [7, 11) is 0. The third-order valence-electron chi connectivity index (χ3n) is 3.35. The molecule has 1 fully saturated rings. The van der Waals surface area contributed by atoms with E-state index >= 15 is 0 Å². The Morgan fingerprint density at radius 2 is 2.16 bits per heavy atom. The van der Waals surface area contributed by atoms with Crippen molar-refractivity contribution in [3.63, 3.8) is 0 Å². The topological polar surface area (TPSA) is 61.4 Å². The number of aliphatic hydroxyl groups is 1. The maximum atomic E-state index is 12.9. The van der Waals surface area contributed by atoms with Crippen LogP contribution in [0.25, 0.3) is 0 Å². The highest BCUT2D eigenvalue weighted by Crippen LogP contribution is 2.44. The predicted octanol–water partition coefficient (Wildman–Crippen LogP) is 2.05. The predicted molar refractivity (Wildman–Crippen MR) is 70.4 cm³/mol. The van der Waals surface area contributed by atoms with Crippen LogP contribution >= 0.6 is 11.6 Å². The average molecular weight is 287 g/mol. The number of halogens is 2. The molecule has 4 nitrogen and oxygen atoms in total. The second-order valence-corrected chi connectivity index (χ2v) is 5.35. The molecule has 19 heavy (non-hydrogen) atoms. The molecule has 1 aliphatic rings. The molecule has 1 aliphatic carbocycles. The smallest absolute Gasteiger partial charge is 0.315 e. The Kier molecular flexibility index (Phi) is 4.27. The Morgan fingerprint density at radius 1 is 1.42 bits per heavy atom. The molecule has 0 atom stereocenters. The van der Waals surface area contributed by atoms with Crippen LogP contribution in [0.2, 0.25) is 5.02 Å². The van der Waals surface area contributed by atoms with Crippen molar-refractivity contribution in [2.45, 2.75) is 19.4 Å². The van der Waals surface area contributed by atoms with Crippen molar-refractivity contribution in [2.24, 2.45) is 5.41 Å². The van der Waals surface area contributed by atoms with E-state index < -0.39 is 5.82 Å². The van der Waals surface area contributed by atoms with E-state index in [9.17, 15) is 9.18 Å². The number of aliphatic hydroxyl groups excluding tert-OH is 1. The fraction of sp³-hybridized carbons (Fsp3) is 0.462. The molecule has 0 unspecified atom stereocenters. The van der Waals surface area contributed by atoms with Gasteiger partial charge in [0.05, 0.1) is 11.6 Å². The molecule has 6 heteroatoms. The van der Waals surface area contributed by atoms with E-state index in [0.717, 1.165) is 18.4 Å². The molecule has 1 saturated carbocycles. The zero-order chi connectivity index (χ0) is 13.9. The number of hydrogen-bond donors (Lipinski definition) is 3. The molecule has 0 radical (unpaired) electrons. The van der Waals surface area contributed by atoms with E-state index in [2.05, 4.69) is 10.6 Å². The second kappa shape index (κ2) is 5.75. The molecule has 104 valence electrons. The summed E-state index contributed by atoms with van der Waals surface area (Å²) in [4.78, 5) is 11.5. The Morgan fingerprint density at radius 3 is 2.74 bits per heavy atom. The van der Waals surface area contributed by atoms with Crippen LogP contribution in [-0.4, -0.2) is 24.3 Å². The Hall–Kier alpha value is -1.33. The number of amides is 2. The molecular formula is C13H16ClFN2O2. The molecular weight excluding hydrogens is 271 g/mol. The molecule has 3 N–H and O–H groups in total. The SMILES string of the molecule is O=C(NCc1ccc(F)c(Cl)c1)NCC1(CO)CC1. The van der Waals surface area contributed by atoms with Crippen LogP contribution in [0.5, 0.6) is 0 Å². The van der Waals surface area contributed by atoms with Crippen molar-refractivity contribution < 1.29 is 14.3 Å². The average Bonchev–Trinajstić information content (AvgIpc) is 3.18. The van der Waals surface area contributed by atoms with E-state index in [0.29, 0.717) is 6.54 Å². The van der Waals surface area contributed by atoms with E-state index in [1.54, 1.807) is 6.07 Å². The normalized spacial score (nSPS) is 15.9. The minimum absolute atomic E-state index is 0.0388. The molecule has 1 aromatic rings. The zero-order valence-electron chi connectivity index (χ0n) is 10.4.